The highest BCUT2D eigenvalue weighted by Gasteiger charge is 2.14. The number of benzene rings is 1. The van der Waals surface area contributed by atoms with Crippen molar-refractivity contribution < 1.29 is 8.98 Å². The van der Waals surface area contributed by atoms with Crippen molar-refractivity contribution in [2.75, 3.05) is 25.6 Å². The Kier molecular flexibility index (Phi) is 5.35. The fourth-order valence-corrected chi connectivity index (χ4v) is 3.94. The third kappa shape index (κ3) is 3.96. The second-order valence-corrected chi connectivity index (χ2v) is 8.43. The highest BCUT2D eigenvalue weighted by atomic mass is 32.2. The molecule has 0 aliphatic rings. The van der Waals surface area contributed by atoms with Crippen LogP contribution in [0.2, 0.25) is 0 Å². The minimum absolute atomic E-state index is 0.0298. The van der Waals surface area contributed by atoms with Gasteiger partial charge in [-0.25, -0.2) is 9.40 Å². The van der Waals surface area contributed by atoms with Gasteiger partial charge in [0.1, 0.15) is 16.7 Å². The molecule has 0 aliphatic heterocycles. The van der Waals surface area contributed by atoms with E-state index in [1.165, 1.54) is 0 Å². The molecule has 5 aromatic rings. The lowest BCUT2D eigenvalue weighted by Crippen LogP contribution is -2.24. The number of hydrogen-bond donors (Lipinski definition) is 0. The Morgan fingerprint density at radius 1 is 0.970 bits per heavy atom. The van der Waals surface area contributed by atoms with Crippen molar-refractivity contribution in [3.05, 3.63) is 78.9 Å². The van der Waals surface area contributed by atoms with Crippen molar-refractivity contribution in [1.82, 2.24) is 29.2 Å². The fraction of sp³-hybridized carbons (Fsp3) is 0.130. The number of imidazole rings is 1. The summed E-state index contributed by atoms with van der Waals surface area (Å²) in [6.07, 6.45) is 7.10. The van der Waals surface area contributed by atoms with E-state index in [1.807, 2.05) is 66.2 Å². The molecule has 10 heteroatoms. The Labute approximate surface area is 194 Å². The summed E-state index contributed by atoms with van der Waals surface area (Å²) < 4.78 is 9.53. The van der Waals surface area contributed by atoms with Crippen molar-refractivity contribution in [3.63, 3.8) is 0 Å². The quantitative estimate of drug-likeness (QED) is 0.283. The lowest BCUT2D eigenvalue weighted by molar-refractivity contribution is 0.0827. The highest BCUT2D eigenvalue weighted by Crippen LogP contribution is 2.25. The zero-order chi connectivity index (χ0) is 22.9. The number of hydrogen-bond acceptors (Lipinski definition) is 7. The zero-order valence-corrected chi connectivity index (χ0v) is 19.1. The van der Waals surface area contributed by atoms with E-state index in [1.54, 1.807) is 46.8 Å². The molecule has 0 atom stereocenters. The second kappa shape index (κ2) is 8.47. The van der Waals surface area contributed by atoms with Gasteiger partial charge in [-0.05, 0) is 35.9 Å². The number of rotatable bonds is 6. The number of amides is 1. The molecule has 166 valence electrons. The maximum absolute atomic E-state index is 12.1. The first kappa shape index (κ1) is 20.8. The number of fused-ring (bicyclic) bond motifs is 2. The van der Waals surface area contributed by atoms with Crippen LogP contribution >= 0.6 is 12.2 Å². The van der Waals surface area contributed by atoms with Crippen LogP contribution in [0.25, 0.3) is 27.8 Å². The van der Waals surface area contributed by atoms with Crippen LogP contribution in [0.1, 0.15) is 10.4 Å². The molecule has 1 aromatic carbocycles. The Bertz CT molecular complexity index is 1440. The fourth-order valence-electron chi connectivity index (χ4n) is 3.44. The molecule has 33 heavy (non-hydrogen) atoms. The summed E-state index contributed by atoms with van der Waals surface area (Å²) in [5.41, 5.74) is 4.94. The summed E-state index contributed by atoms with van der Waals surface area (Å²) in [7, 11) is 5.33. The Morgan fingerprint density at radius 2 is 1.79 bits per heavy atom. The smallest absolute Gasteiger partial charge is 0.253 e. The van der Waals surface area contributed by atoms with Crippen LogP contribution in [-0.4, -0.2) is 56.2 Å². The van der Waals surface area contributed by atoms with Crippen LogP contribution in [0.5, 0.6) is 5.88 Å². The van der Waals surface area contributed by atoms with E-state index in [9.17, 15) is 4.79 Å². The van der Waals surface area contributed by atoms with Gasteiger partial charge in [0, 0.05) is 44.7 Å². The molecule has 0 fully saturated rings. The molecular formula is C23H21N7O2S. The normalized spacial score (nSPS) is 11.1. The minimum atomic E-state index is -0.0298. The van der Waals surface area contributed by atoms with E-state index in [-0.39, 0.29) is 5.91 Å². The average Bonchev–Trinajstić information content (AvgIpc) is 3.46. The molecule has 0 aliphatic carbocycles. The minimum Gasteiger partial charge on any atom is -0.383 e. The molecule has 0 bridgehead atoms. The van der Waals surface area contributed by atoms with Crippen LogP contribution in [-0.2, 0) is 0 Å². The van der Waals surface area contributed by atoms with Gasteiger partial charge in [0.15, 0.2) is 12.2 Å². The monoisotopic (exact) mass is 459 g/mol. The Balaban J connectivity index is 1.38. The molecule has 5 rings (SSSR count). The van der Waals surface area contributed by atoms with Crippen molar-refractivity contribution >= 4 is 34.8 Å². The lowest BCUT2D eigenvalue weighted by Gasteiger charge is -2.17. The predicted octanol–water partition coefficient (Wildman–Crippen LogP) is 3.66. The number of aromatic nitrogens is 5. The van der Waals surface area contributed by atoms with Crippen LogP contribution in [0.4, 0.5) is 0 Å². The maximum atomic E-state index is 12.1. The molecule has 0 saturated carbocycles. The Hall–Kier alpha value is -4.05. The standard InChI is InChI=1S/C23H21N7O2S/c1-27(2)23(31)17-9-7-16(8-10-17)18-12-20-19(24-13-18)14-26-30(20)28(3)33-32-22-15-25-21-6-4-5-11-29(21)22/h4-15H,1-3H3. The summed E-state index contributed by atoms with van der Waals surface area (Å²) in [6, 6.07) is 15.3. The summed E-state index contributed by atoms with van der Waals surface area (Å²) in [5, 5.41) is 4.46. The van der Waals surface area contributed by atoms with Gasteiger partial charge >= 0.3 is 0 Å². The average molecular weight is 460 g/mol. The van der Waals surface area contributed by atoms with Crippen LogP contribution in [0, 0.1) is 0 Å². The maximum Gasteiger partial charge on any atom is 0.253 e. The first-order valence-corrected chi connectivity index (χ1v) is 10.9. The topological polar surface area (TPSA) is 80.8 Å². The summed E-state index contributed by atoms with van der Waals surface area (Å²) in [4.78, 5) is 24.3. The molecule has 0 N–H and O–H groups in total. The SMILES string of the molecule is CN(C)C(=O)c1ccc(-c2cnc3cnn(N(C)SOc4cnc5ccccn45)c3c2)cc1. The molecule has 0 saturated heterocycles. The predicted molar refractivity (Wildman–Crippen MR) is 129 cm³/mol. The first-order valence-electron chi connectivity index (χ1n) is 10.2. The number of carbonyl (C=O) groups excluding carboxylic acids is 1. The third-order valence-electron chi connectivity index (χ3n) is 5.15. The van der Waals surface area contributed by atoms with E-state index in [0.29, 0.717) is 11.4 Å². The van der Waals surface area contributed by atoms with Crippen molar-refractivity contribution in [2.45, 2.75) is 0 Å². The molecule has 1 amide bonds. The summed E-state index contributed by atoms with van der Waals surface area (Å²) in [6.45, 7) is 0. The summed E-state index contributed by atoms with van der Waals surface area (Å²) in [5.74, 6) is 0.586. The molecule has 0 spiro atoms. The van der Waals surface area contributed by atoms with Gasteiger partial charge in [-0.15, -0.1) is 0 Å². The van der Waals surface area contributed by atoms with Gasteiger partial charge < -0.3 is 9.08 Å². The van der Waals surface area contributed by atoms with Gasteiger partial charge in [0.05, 0.1) is 12.4 Å². The third-order valence-corrected chi connectivity index (χ3v) is 5.77. The number of nitrogens with zero attached hydrogens (tertiary/aromatic N) is 7. The van der Waals surface area contributed by atoms with E-state index in [2.05, 4.69) is 15.1 Å². The molecule has 0 unspecified atom stereocenters. The number of pyridine rings is 2. The molecule has 4 aromatic heterocycles. The molecule has 0 radical (unpaired) electrons. The zero-order valence-electron chi connectivity index (χ0n) is 18.3. The molecule has 4 heterocycles. The van der Waals surface area contributed by atoms with Gasteiger partial charge in [0.25, 0.3) is 5.91 Å². The van der Waals surface area contributed by atoms with Gasteiger partial charge in [-0.1, -0.05) is 18.2 Å². The van der Waals surface area contributed by atoms with Crippen LogP contribution in [0.15, 0.2) is 73.3 Å². The first-order chi connectivity index (χ1) is 16.0. The van der Waals surface area contributed by atoms with Crippen molar-refractivity contribution in [2.24, 2.45) is 0 Å². The van der Waals surface area contributed by atoms with Gasteiger partial charge in [0.2, 0.25) is 5.88 Å². The molecular weight excluding hydrogens is 438 g/mol. The second-order valence-electron chi connectivity index (χ2n) is 7.59. The van der Waals surface area contributed by atoms with Crippen molar-refractivity contribution in [3.8, 4) is 17.0 Å². The van der Waals surface area contributed by atoms with Crippen LogP contribution in [0.3, 0.4) is 0 Å². The molecule has 9 nitrogen and oxygen atoms in total. The number of carbonyl (C=O) groups is 1. The lowest BCUT2D eigenvalue weighted by atomic mass is 10.0. The van der Waals surface area contributed by atoms with Gasteiger partial charge in [-0.2, -0.15) is 9.89 Å². The summed E-state index contributed by atoms with van der Waals surface area (Å²) >= 11 is 1.13. The van der Waals surface area contributed by atoms with Crippen LogP contribution < -0.4 is 8.60 Å². The van der Waals surface area contributed by atoms with Gasteiger partial charge in [-0.3, -0.25) is 14.2 Å². The van der Waals surface area contributed by atoms with E-state index >= 15 is 0 Å². The Morgan fingerprint density at radius 3 is 2.58 bits per heavy atom. The van der Waals surface area contributed by atoms with Crippen molar-refractivity contribution in [1.29, 1.82) is 0 Å². The van der Waals surface area contributed by atoms with E-state index in [4.69, 9.17) is 4.18 Å². The highest BCUT2D eigenvalue weighted by molar-refractivity contribution is 7.96. The van der Waals surface area contributed by atoms with E-state index < -0.39 is 0 Å². The van der Waals surface area contributed by atoms with E-state index in [0.717, 1.165) is 40.0 Å². The largest absolute Gasteiger partial charge is 0.383 e.